The number of nitrogens with one attached hydrogen (secondary N) is 1. The van der Waals surface area contributed by atoms with Gasteiger partial charge in [0.2, 0.25) is 0 Å². The summed E-state index contributed by atoms with van der Waals surface area (Å²) in [4.78, 5) is 0. The lowest BCUT2D eigenvalue weighted by Crippen LogP contribution is -2.04. The third-order valence-corrected chi connectivity index (χ3v) is 0.469. The smallest absolute Gasteiger partial charge is 0.104 e. The van der Waals surface area contributed by atoms with Gasteiger partial charge in [-0.25, -0.2) is 0 Å². The molecule has 0 aromatic heterocycles. The van der Waals surface area contributed by atoms with E-state index in [0.29, 0.717) is 6.54 Å². The van der Waals surface area contributed by atoms with E-state index in [1.807, 2.05) is 7.05 Å². The predicted octanol–water partition coefficient (Wildman–Crippen LogP) is -0.798. The summed E-state index contributed by atoms with van der Waals surface area (Å²) in [6, 6.07) is 0. The Labute approximate surface area is 43.5 Å². The molecule has 0 unspecified atom stereocenters. The van der Waals surface area contributed by atoms with Crippen LogP contribution in [0, 0.1) is 11.8 Å². The fourth-order valence-electron chi connectivity index (χ4n) is 0.207. The molecule has 2 heteroatoms. The van der Waals surface area contributed by atoms with E-state index in [0.717, 1.165) is 0 Å². The van der Waals surface area contributed by atoms with Crippen LogP contribution in [0.1, 0.15) is 0 Å². The molecule has 0 rings (SSSR count). The molecule has 40 valence electrons. The van der Waals surface area contributed by atoms with Crippen LogP contribution in [0.5, 0.6) is 0 Å². The highest BCUT2D eigenvalue weighted by Crippen LogP contribution is 1.49. The van der Waals surface area contributed by atoms with Crippen molar-refractivity contribution >= 4 is 0 Å². The molecule has 0 heterocycles. The zero-order chi connectivity index (χ0) is 5.54. The Morgan fingerprint density at radius 2 is 2.29 bits per heavy atom. The largest absolute Gasteiger partial charge is 0.384 e. The van der Waals surface area contributed by atoms with Crippen molar-refractivity contribution in [2.45, 2.75) is 0 Å². The summed E-state index contributed by atoms with van der Waals surface area (Å²) in [5.41, 5.74) is 0. The number of hydrogen-bond acceptors (Lipinski definition) is 2. The molecule has 7 heavy (non-hydrogen) atoms. The molecule has 0 bridgehead atoms. The maximum atomic E-state index is 8.09. The average molecular weight is 99.1 g/mol. The molecule has 0 saturated carbocycles. The van der Waals surface area contributed by atoms with E-state index in [1.54, 1.807) is 0 Å². The molecule has 0 aromatic carbocycles. The number of aliphatic hydroxyl groups is 1. The number of aliphatic hydroxyl groups excluding tert-OH is 1. The molecule has 0 aliphatic carbocycles. The minimum Gasteiger partial charge on any atom is -0.384 e. The van der Waals surface area contributed by atoms with Crippen LogP contribution in [0.25, 0.3) is 0 Å². The fraction of sp³-hybridized carbons (Fsp3) is 0.600. The zero-order valence-corrected chi connectivity index (χ0v) is 4.36. The van der Waals surface area contributed by atoms with Crippen molar-refractivity contribution in [1.29, 1.82) is 0 Å². The van der Waals surface area contributed by atoms with Gasteiger partial charge in [-0.2, -0.15) is 0 Å². The second-order valence-corrected chi connectivity index (χ2v) is 1.04. The van der Waals surface area contributed by atoms with E-state index in [9.17, 15) is 0 Å². The SMILES string of the molecule is CNCC#CCO. The Bertz CT molecular complexity index is 79.8. The molecular formula is C5H9NO. The number of hydrogen-bond donors (Lipinski definition) is 2. The summed E-state index contributed by atoms with van der Waals surface area (Å²) < 4.78 is 0. The molecular weight excluding hydrogens is 90.1 g/mol. The van der Waals surface area contributed by atoms with E-state index in [1.165, 1.54) is 0 Å². The van der Waals surface area contributed by atoms with E-state index in [4.69, 9.17) is 5.11 Å². The quantitative estimate of drug-likeness (QED) is 0.422. The van der Waals surface area contributed by atoms with Gasteiger partial charge < -0.3 is 10.4 Å². The fourth-order valence-corrected chi connectivity index (χ4v) is 0.207. The second kappa shape index (κ2) is 5.48. The van der Waals surface area contributed by atoms with Crippen molar-refractivity contribution in [1.82, 2.24) is 5.32 Å². The van der Waals surface area contributed by atoms with Gasteiger partial charge in [0.1, 0.15) is 6.61 Å². The van der Waals surface area contributed by atoms with Crippen molar-refractivity contribution in [3.8, 4) is 11.8 Å². The minimum absolute atomic E-state index is 0.0400. The summed E-state index contributed by atoms with van der Waals surface area (Å²) in [6.45, 7) is 0.613. The normalized spacial score (nSPS) is 7.14. The molecule has 0 atom stereocenters. The molecule has 0 aliphatic heterocycles. The first-order valence-corrected chi connectivity index (χ1v) is 2.13. The molecule has 0 radical (unpaired) electrons. The lowest BCUT2D eigenvalue weighted by Gasteiger charge is -1.79. The van der Waals surface area contributed by atoms with E-state index in [-0.39, 0.29) is 6.61 Å². The van der Waals surface area contributed by atoms with Crippen LogP contribution < -0.4 is 5.32 Å². The molecule has 2 N–H and O–H groups in total. The van der Waals surface area contributed by atoms with Gasteiger partial charge in [0.15, 0.2) is 0 Å². The van der Waals surface area contributed by atoms with Crippen LogP contribution in [0.2, 0.25) is 0 Å². The lowest BCUT2D eigenvalue weighted by atomic mass is 10.6. The number of rotatable bonds is 1. The van der Waals surface area contributed by atoms with Crippen LogP contribution >= 0.6 is 0 Å². The van der Waals surface area contributed by atoms with E-state index >= 15 is 0 Å². The lowest BCUT2D eigenvalue weighted by molar-refractivity contribution is 0.350. The standard InChI is InChI=1S/C5H9NO/c1-6-4-2-3-5-7/h6-7H,4-5H2,1H3. The van der Waals surface area contributed by atoms with Crippen LogP contribution in [-0.4, -0.2) is 25.3 Å². The Kier molecular flexibility index (Phi) is 5.07. The van der Waals surface area contributed by atoms with Crippen molar-refractivity contribution in [3.05, 3.63) is 0 Å². The molecule has 2 nitrogen and oxygen atoms in total. The first-order chi connectivity index (χ1) is 3.41. The molecule has 0 spiro atoms. The average Bonchev–Trinajstić information content (AvgIpc) is 1.69. The van der Waals surface area contributed by atoms with E-state index < -0.39 is 0 Å². The van der Waals surface area contributed by atoms with Crippen molar-refractivity contribution in [2.75, 3.05) is 20.2 Å². The van der Waals surface area contributed by atoms with Gasteiger partial charge in [-0.1, -0.05) is 11.8 Å². The highest BCUT2D eigenvalue weighted by atomic mass is 16.2. The summed E-state index contributed by atoms with van der Waals surface area (Å²) in [5.74, 6) is 5.17. The monoisotopic (exact) mass is 99.1 g/mol. The summed E-state index contributed by atoms with van der Waals surface area (Å²) >= 11 is 0. The molecule has 0 saturated heterocycles. The van der Waals surface area contributed by atoms with Crippen molar-refractivity contribution < 1.29 is 5.11 Å². The van der Waals surface area contributed by atoms with Gasteiger partial charge in [-0.15, -0.1) is 0 Å². The Morgan fingerprint density at radius 1 is 1.57 bits per heavy atom. The Hall–Kier alpha value is -0.520. The van der Waals surface area contributed by atoms with Crippen LogP contribution in [0.4, 0.5) is 0 Å². The topological polar surface area (TPSA) is 32.3 Å². The third-order valence-electron chi connectivity index (χ3n) is 0.469. The van der Waals surface area contributed by atoms with Crippen LogP contribution in [0.15, 0.2) is 0 Å². The predicted molar refractivity (Wildman–Crippen MR) is 28.8 cm³/mol. The Balaban J connectivity index is 2.91. The minimum atomic E-state index is -0.0400. The maximum Gasteiger partial charge on any atom is 0.104 e. The summed E-state index contributed by atoms with van der Waals surface area (Å²) in [5, 5.41) is 10.9. The first kappa shape index (κ1) is 6.48. The maximum absolute atomic E-state index is 8.09. The summed E-state index contributed by atoms with van der Waals surface area (Å²) in [6.07, 6.45) is 0. The van der Waals surface area contributed by atoms with Gasteiger partial charge in [0.25, 0.3) is 0 Å². The van der Waals surface area contributed by atoms with Crippen molar-refractivity contribution in [2.24, 2.45) is 0 Å². The summed E-state index contributed by atoms with van der Waals surface area (Å²) in [7, 11) is 1.81. The van der Waals surface area contributed by atoms with Gasteiger partial charge >= 0.3 is 0 Å². The molecule has 0 fully saturated rings. The van der Waals surface area contributed by atoms with Gasteiger partial charge in [-0.3, -0.25) is 0 Å². The molecule has 0 amide bonds. The highest BCUT2D eigenvalue weighted by Gasteiger charge is 1.63. The first-order valence-electron chi connectivity index (χ1n) is 2.13. The van der Waals surface area contributed by atoms with Crippen molar-refractivity contribution in [3.63, 3.8) is 0 Å². The highest BCUT2D eigenvalue weighted by molar-refractivity contribution is 4.99. The van der Waals surface area contributed by atoms with Gasteiger partial charge in [0.05, 0.1) is 6.54 Å². The zero-order valence-electron chi connectivity index (χ0n) is 4.36. The Morgan fingerprint density at radius 3 is 2.71 bits per heavy atom. The second-order valence-electron chi connectivity index (χ2n) is 1.04. The van der Waals surface area contributed by atoms with E-state index in [2.05, 4.69) is 17.2 Å². The van der Waals surface area contributed by atoms with Gasteiger partial charge in [-0.05, 0) is 7.05 Å². The van der Waals surface area contributed by atoms with Crippen LogP contribution in [-0.2, 0) is 0 Å². The third kappa shape index (κ3) is 5.48. The van der Waals surface area contributed by atoms with Crippen LogP contribution in [0.3, 0.4) is 0 Å². The molecule has 0 aliphatic rings. The molecule has 0 aromatic rings. The van der Waals surface area contributed by atoms with Gasteiger partial charge in [0, 0.05) is 0 Å².